The zero-order valence-corrected chi connectivity index (χ0v) is 15.4. The van der Waals surface area contributed by atoms with E-state index in [9.17, 15) is 0 Å². The Balaban J connectivity index is 1.75. The van der Waals surface area contributed by atoms with Gasteiger partial charge in [-0.2, -0.15) is 0 Å². The molecule has 0 aliphatic rings. The van der Waals surface area contributed by atoms with Gasteiger partial charge in [-0.3, -0.25) is 0 Å². The van der Waals surface area contributed by atoms with Gasteiger partial charge in [0.1, 0.15) is 12.4 Å². The number of benzene rings is 2. The van der Waals surface area contributed by atoms with Crippen LogP contribution < -0.4 is 10.5 Å². The van der Waals surface area contributed by atoms with E-state index in [1.54, 1.807) is 36.5 Å². The van der Waals surface area contributed by atoms with E-state index in [4.69, 9.17) is 33.7 Å². The largest absolute Gasteiger partial charge is 0.485 e. The van der Waals surface area contributed by atoms with Crippen molar-refractivity contribution >= 4 is 34.9 Å². The molecule has 1 aromatic heterocycles. The van der Waals surface area contributed by atoms with Gasteiger partial charge in [0, 0.05) is 28.2 Å². The van der Waals surface area contributed by atoms with Crippen molar-refractivity contribution < 1.29 is 4.74 Å². The van der Waals surface area contributed by atoms with Gasteiger partial charge in [0.05, 0.1) is 0 Å². The molecule has 3 rings (SSSR count). The molecule has 0 fully saturated rings. The van der Waals surface area contributed by atoms with Crippen molar-refractivity contribution in [3.05, 3.63) is 88.0 Å². The molecular formula is C20H17Cl2N3O. The van der Waals surface area contributed by atoms with Gasteiger partial charge in [-0.1, -0.05) is 53.5 Å². The zero-order valence-electron chi connectivity index (χ0n) is 13.9. The van der Waals surface area contributed by atoms with Crippen molar-refractivity contribution in [2.24, 2.45) is 10.7 Å². The summed E-state index contributed by atoms with van der Waals surface area (Å²) >= 11 is 12.2. The predicted octanol–water partition coefficient (Wildman–Crippen LogP) is 5.20. The van der Waals surface area contributed by atoms with Crippen LogP contribution in [0.25, 0.3) is 0 Å². The standard InChI is InChI=1S/C20H17Cl2N3O/c21-16-8-9-17(22)15(12-16)13-26-18-7-4-10-24-20(18)25-19(23)11-14-5-2-1-3-6-14/h1-10,12H,11,13H2,(H2,23,24,25). The topological polar surface area (TPSA) is 60.5 Å². The fourth-order valence-corrected chi connectivity index (χ4v) is 2.74. The average molecular weight is 386 g/mol. The van der Waals surface area contributed by atoms with Crippen LogP contribution in [0, 0.1) is 0 Å². The van der Waals surface area contributed by atoms with Crippen molar-refractivity contribution in [2.45, 2.75) is 13.0 Å². The molecule has 0 amide bonds. The van der Waals surface area contributed by atoms with Crippen LogP contribution in [0.2, 0.25) is 10.0 Å². The SMILES string of the molecule is N/C(Cc1ccccc1)=N\c1ncccc1OCc1cc(Cl)ccc1Cl. The summed E-state index contributed by atoms with van der Waals surface area (Å²) in [5, 5.41) is 1.19. The number of hydrogen-bond acceptors (Lipinski definition) is 3. The summed E-state index contributed by atoms with van der Waals surface area (Å²) in [5.41, 5.74) is 7.94. The van der Waals surface area contributed by atoms with Gasteiger partial charge in [0.25, 0.3) is 0 Å². The van der Waals surface area contributed by atoms with Gasteiger partial charge in [0.2, 0.25) is 0 Å². The minimum Gasteiger partial charge on any atom is -0.485 e. The van der Waals surface area contributed by atoms with Crippen LogP contribution in [0.4, 0.5) is 5.82 Å². The molecule has 1 heterocycles. The Hall–Kier alpha value is -2.56. The fourth-order valence-electron chi connectivity index (χ4n) is 2.37. The summed E-state index contributed by atoms with van der Waals surface area (Å²) in [4.78, 5) is 8.67. The molecule has 0 aliphatic carbocycles. The zero-order chi connectivity index (χ0) is 18.4. The summed E-state index contributed by atoms with van der Waals surface area (Å²) in [5.74, 6) is 1.42. The Kier molecular flexibility index (Phi) is 6.10. The molecule has 0 saturated carbocycles. The summed E-state index contributed by atoms with van der Waals surface area (Å²) in [7, 11) is 0. The van der Waals surface area contributed by atoms with Crippen LogP contribution in [0.3, 0.4) is 0 Å². The maximum Gasteiger partial charge on any atom is 0.196 e. The van der Waals surface area contributed by atoms with E-state index >= 15 is 0 Å². The van der Waals surface area contributed by atoms with Crippen molar-refractivity contribution in [2.75, 3.05) is 0 Å². The van der Waals surface area contributed by atoms with E-state index < -0.39 is 0 Å². The number of aromatic nitrogens is 1. The lowest BCUT2D eigenvalue weighted by molar-refractivity contribution is 0.306. The molecule has 0 saturated heterocycles. The first-order valence-corrected chi connectivity index (χ1v) is 8.76. The van der Waals surface area contributed by atoms with Gasteiger partial charge in [0.15, 0.2) is 11.6 Å². The molecular weight excluding hydrogens is 369 g/mol. The molecule has 0 atom stereocenters. The maximum absolute atomic E-state index is 6.18. The Morgan fingerprint density at radius 3 is 2.65 bits per heavy atom. The normalized spacial score (nSPS) is 11.4. The smallest absolute Gasteiger partial charge is 0.196 e. The number of amidine groups is 1. The molecule has 4 nitrogen and oxygen atoms in total. The Labute approximate surface area is 162 Å². The molecule has 132 valence electrons. The minimum absolute atomic E-state index is 0.256. The monoisotopic (exact) mass is 385 g/mol. The molecule has 0 radical (unpaired) electrons. The van der Waals surface area contributed by atoms with Crippen LogP contribution >= 0.6 is 23.2 Å². The van der Waals surface area contributed by atoms with Gasteiger partial charge < -0.3 is 10.5 Å². The molecule has 6 heteroatoms. The summed E-state index contributed by atoms with van der Waals surface area (Å²) < 4.78 is 5.84. The molecule has 2 N–H and O–H groups in total. The van der Waals surface area contributed by atoms with Gasteiger partial charge in [-0.15, -0.1) is 0 Å². The Morgan fingerprint density at radius 2 is 1.85 bits per heavy atom. The molecule has 26 heavy (non-hydrogen) atoms. The number of nitrogens with zero attached hydrogens (tertiary/aromatic N) is 2. The van der Waals surface area contributed by atoms with Crippen LogP contribution in [-0.2, 0) is 13.0 Å². The van der Waals surface area contributed by atoms with Gasteiger partial charge in [-0.25, -0.2) is 9.98 Å². The van der Waals surface area contributed by atoms with Crippen LogP contribution in [0.1, 0.15) is 11.1 Å². The molecule has 0 bridgehead atoms. The highest BCUT2D eigenvalue weighted by molar-refractivity contribution is 6.33. The van der Waals surface area contributed by atoms with E-state index in [-0.39, 0.29) is 6.61 Å². The second-order valence-corrected chi connectivity index (χ2v) is 6.46. The highest BCUT2D eigenvalue weighted by atomic mass is 35.5. The lowest BCUT2D eigenvalue weighted by Crippen LogP contribution is -2.14. The second kappa shape index (κ2) is 8.70. The summed E-state index contributed by atoms with van der Waals surface area (Å²) in [6.45, 7) is 0.256. The van der Waals surface area contributed by atoms with Gasteiger partial charge >= 0.3 is 0 Å². The third-order valence-electron chi connectivity index (χ3n) is 3.62. The number of rotatable bonds is 6. The second-order valence-electron chi connectivity index (χ2n) is 5.62. The maximum atomic E-state index is 6.18. The first kappa shape index (κ1) is 18.2. The fraction of sp³-hybridized carbons (Fsp3) is 0.100. The van der Waals surface area contributed by atoms with Crippen molar-refractivity contribution in [1.29, 1.82) is 0 Å². The number of halogens is 2. The summed E-state index contributed by atoms with van der Waals surface area (Å²) in [6.07, 6.45) is 2.19. The first-order chi connectivity index (χ1) is 12.6. The quantitative estimate of drug-likeness (QED) is 0.468. The third-order valence-corrected chi connectivity index (χ3v) is 4.22. The number of pyridine rings is 1. The molecule has 0 aliphatic heterocycles. The van der Waals surface area contributed by atoms with Crippen molar-refractivity contribution in [3.63, 3.8) is 0 Å². The van der Waals surface area contributed by atoms with E-state index in [1.807, 2.05) is 30.3 Å². The minimum atomic E-state index is 0.256. The van der Waals surface area contributed by atoms with Crippen LogP contribution in [0.15, 0.2) is 71.9 Å². The molecule has 2 aromatic carbocycles. The number of hydrogen-bond donors (Lipinski definition) is 1. The molecule has 0 spiro atoms. The van der Waals surface area contributed by atoms with Crippen LogP contribution in [0.5, 0.6) is 5.75 Å². The average Bonchev–Trinajstić information content (AvgIpc) is 2.64. The Bertz CT molecular complexity index is 914. The van der Waals surface area contributed by atoms with Crippen LogP contribution in [-0.4, -0.2) is 10.8 Å². The Morgan fingerprint density at radius 1 is 1.04 bits per heavy atom. The lowest BCUT2D eigenvalue weighted by Gasteiger charge is -2.10. The number of ether oxygens (including phenoxy) is 1. The number of aliphatic imine (C=N–C) groups is 1. The van der Waals surface area contributed by atoms with Crippen molar-refractivity contribution in [3.8, 4) is 5.75 Å². The summed E-state index contributed by atoms with van der Waals surface area (Å²) in [6, 6.07) is 18.7. The van der Waals surface area contributed by atoms with E-state index in [1.165, 1.54) is 0 Å². The molecule has 3 aromatic rings. The highest BCUT2D eigenvalue weighted by Gasteiger charge is 2.08. The highest BCUT2D eigenvalue weighted by Crippen LogP contribution is 2.27. The van der Waals surface area contributed by atoms with Crippen molar-refractivity contribution in [1.82, 2.24) is 4.98 Å². The first-order valence-electron chi connectivity index (χ1n) is 8.00. The van der Waals surface area contributed by atoms with Gasteiger partial charge in [-0.05, 0) is 35.9 Å². The number of nitrogens with two attached hydrogens (primary N) is 1. The molecule has 0 unspecified atom stereocenters. The third kappa shape index (κ3) is 4.97. The predicted molar refractivity (Wildman–Crippen MR) is 106 cm³/mol. The van der Waals surface area contributed by atoms with E-state index in [0.717, 1.165) is 11.1 Å². The van der Waals surface area contributed by atoms with E-state index in [0.29, 0.717) is 33.9 Å². The van der Waals surface area contributed by atoms with E-state index in [2.05, 4.69) is 9.98 Å². The lowest BCUT2D eigenvalue weighted by atomic mass is 10.1.